The molecule has 1 aliphatic rings. The molecule has 0 radical (unpaired) electrons. The van der Waals surface area contributed by atoms with Gasteiger partial charge in [-0.1, -0.05) is 30.1 Å². The number of nitrogens with zero attached hydrogens (tertiary/aromatic N) is 4. The number of piperazine rings is 1. The number of benzene rings is 2. The van der Waals surface area contributed by atoms with E-state index in [0.717, 1.165) is 60.7 Å². The monoisotopic (exact) mass is 566 g/mol. The number of anilines is 4. The van der Waals surface area contributed by atoms with E-state index in [9.17, 15) is 0 Å². The Hall–Kier alpha value is -3.46. The maximum absolute atomic E-state index is 6.60. The maximum Gasteiger partial charge on any atom is 0.141 e. The summed E-state index contributed by atoms with van der Waals surface area (Å²) in [5.74, 6) is 1.64. The molecular formula is C29H32Cl2N6O2. The predicted octanol–water partition coefficient (Wildman–Crippen LogP) is 6.55. The zero-order chi connectivity index (χ0) is 27.5. The molecule has 1 fully saturated rings. The van der Waals surface area contributed by atoms with E-state index in [1.165, 1.54) is 5.69 Å². The summed E-state index contributed by atoms with van der Waals surface area (Å²) >= 11 is 13.2. The van der Waals surface area contributed by atoms with Gasteiger partial charge < -0.3 is 29.9 Å². The van der Waals surface area contributed by atoms with Crippen molar-refractivity contribution in [3.05, 3.63) is 58.8 Å². The fourth-order valence-electron chi connectivity index (χ4n) is 4.86. The van der Waals surface area contributed by atoms with Gasteiger partial charge in [0.25, 0.3) is 0 Å². The van der Waals surface area contributed by atoms with Gasteiger partial charge in [0.15, 0.2) is 0 Å². The summed E-state index contributed by atoms with van der Waals surface area (Å²) in [4.78, 5) is 14.2. The SMILES string of the molecule is CCN1CCN(c2ccc(Nc3cc4cnc(-c5c(Cl)c(OC)cc(OC)c5Cl)cc4cn3)c(NC)c2)CC1. The molecule has 204 valence electrons. The van der Waals surface area contributed by atoms with Crippen LogP contribution in [0.25, 0.3) is 22.0 Å². The van der Waals surface area contributed by atoms with Crippen LogP contribution in [0.1, 0.15) is 6.92 Å². The molecule has 2 aromatic carbocycles. The number of rotatable bonds is 8. The lowest BCUT2D eigenvalue weighted by Gasteiger charge is -2.35. The van der Waals surface area contributed by atoms with E-state index in [-0.39, 0.29) is 0 Å². The van der Waals surface area contributed by atoms with Crippen molar-refractivity contribution in [2.75, 3.05) is 69.5 Å². The number of halogens is 2. The Morgan fingerprint density at radius 1 is 0.846 bits per heavy atom. The Labute approximate surface area is 238 Å². The summed E-state index contributed by atoms with van der Waals surface area (Å²) < 4.78 is 10.8. The third kappa shape index (κ3) is 5.50. The maximum atomic E-state index is 6.60. The minimum absolute atomic E-state index is 0.372. The average Bonchev–Trinajstić information content (AvgIpc) is 2.97. The van der Waals surface area contributed by atoms with Gasteiger partial charge >= 0.3 is 0 Å². The largest absolute Gasteiger partial charge is 0.495 e. The first-order chi connectivity index (χ1) is 18.9. The Morgan fingerprint density at radius 2 is 1.51 bits per heavy atom. The summed E-state index contributed by atoms with van der Waals surface area (Å²) in [6.07, 6.45) is 3.59. The van der Waals surface area contributed by atoms with E-state index in [0.29, 0.717) is 32.8 Å². The van der Waals surface area contributed by atoms with Crippen LogP contribution in [0.5, 0.6) is 11.5 Å². The summed E-state index contributed by atoms with van der Waals surface area (Å²) in [5, 5.41) is 9.34. The van der Waals surface area contributed by atoms with Crippen LogP contribution in [0, 0.1) is 0 Å². The van der Waals surface area contributed by atoms with Crippen molar-refractivity contribution in [1.29, 1.82) is 0 Å². The second kappa shape index (κ2) is 11.7. The molecule has 3 heterocycles. The van der Waals surface area contributed by atoms with Crippen molar-refractivity contribution in [3.8, 4) is 22.8 Å². The van der Waals surface area contributed by atoms with Crippen LogP contribution in [-0.4, -0.2) is 68.9 Å². The molecule has 8 nitrogen and oxygen atoms in total. The standard InChI is InChI=1S/C29H32Cl2N6O2/c1-5-36-8-10-37(11-9-36)20-6-7-21(22(14-20)32-2)35-26-13-19-16-33-23(12-18(19)17-34-26)27-28(30)24(38-3)15-25(39-4)29(27)31/h6-7,12-17,32H,5,8-11H2,1-4H3,(H,34,35). The molecule has 0 amide bonds. The van der Waals surface area contributed by atoms with Gasteiger partial charge in [0.05, 0.1) is 41.3 Å². The molecular weight excluding hydrogens is 535 g/mol. The van der Waals surface area contributed by atoms with Crippen molar-refractivity contribution in [2.45, 2.75) is 6.92 Å². The molecule has 1 aliphatic heterocycles. The van der Waals surface area contributed by atoms with Crippen LogP contribution in [0.3, 0.4) is 0 Å². The number of pyridine rings is 2. The summed E-state index contributed by atoms with van der Waals surface area (Å²) in [7, 11) is 5.03. The first-order valence-electron chi connectivity index (χ1n) is 12.9. The number of hydrogen-bond donors (Lipinski definition) is 2. The van der Waals surface area contributed by atoms with Gasteiger partial charge in [0.2, 0.25) is 0 Å². The van der Waals surface area contributed by atoms with E-state index < -0.39 is 0 Å². The van der Waals surface area contributed by atoms with Gasteiger partial charge in [-0.2, -0.15) is 0 Å². The third-order valence-corrected chi connectivity index (χ3v) is 7.90. The van der Waals surface area contributed by atoms with Crippen LogP contribution in [0.15, 0.2) is 48.8 Å². The van der Waals surface area contributed by atoms with Crippen LogP contribution < -0.4 is 25.0 Å². The second-order valence-corrected chi connectivity index (χ2v) is 10.1. The first kappa shape index (κ1) is 27.1. The van der Waals surface area contributed by atoms with Crippen molar-refractivity contribution >= 4 is 56.9 Å². The van der Waals surface area contributed by atoms with Crippen LogP contribution in [0.2, 0.25) is 10.0 Å². The number of methoxy groups -OCH3 is 2. The lowest BCUT2D eigenvalue weighted by Crippen LogP contribution is -2.46. The summed E-state index contributed by atoms with van der Waals surface area (Å²) in [6.45, 7) is 7.56. The molecule has 0 spiro atoms. The van der Waals surface area contributed by atoms with Gasteiger partial charge in [0.1, 0.15) is 17.3 Å². The van der Waals surface area contributed by atoms with Crippen molar-refractivity contribution < 1.29 is 9.47 Å². The molecule has 2 aromatic heterocycles. The Balaban J connectivity index is 1.40. The molecule has 0 unspecified atom stereocenters. The molecule has 39 heavy (non-hydrogen) atoms. The minimum atomic E-state index is 0.372. The normalized spacial score (nSPS) is 13.9. The average molecular weight is 568 g/mol. The van der Waals surface area contributed by atoms with Gasteiger partial charge in [-0.15, -0.1) is 0 Å². The number of aromatic nitrogens is 2. The number of likely N-dealkylation sites (N-methyl/N-ethyl adjacent to an activating group) is 1. The van der Waals surface area contributed by atoms with Gasteiger partial charge in [-0.3, -0.25) is 4.98 Å². The van der Waals surface area contributed by atoms with Crippen molar-refractivity contribution in [1.82, 2.24) is 14.9 Å². The van der Waals surface area contributed by atoms with Crippen LogP contribution >= 0.6 is 23.2 Å². The quantitative estimate of drug-likeness (QED) is 0.249. The Morgan fingerprint density at radius 3 is 2.15 bits per heavy atom. The third-order valence-electron chi connectivity index (χ3n) is 7.15. The predicted molar refractivity (Wildman–Crippen MR) is 162 cm³/mol. The van der Waals surface area contributed by atoms with E-state index in [1.807, 2.05) is 25.4 Å². The minimum Gasteiger partial charge on any atom is -0.495 e. The van der Waals surface area contributed by atoms with E-state index in [1.54, 1.807) is 26.5 Å². The topological polar surface area (TPSA) is 74.8 Å². The molecule has 2 N–H and O–H groups in total. The van der Waals surface area contributed by atoms with Crippen LogP contribution in [-0.2, 0) is 0 Å². The fourth-order valence-corrected chi connectivity index (χ4v) is 5.55. The smallest absolute Gasteiger partial charge is 0.141 e. The molecule has 0 saturated carbocycles. The van der Waals surface area contributed by atoms with Crippen molar-refractivity contribution in [2.24, 2.45) is 0 Å². The summed E-state index contributed by atoms with van der Waals surface area (Å²) in [6, 6.07) is 12.0. The molecule has 0 bridgehead atoms. The van der Waals surface area contributed by atoms with Crippen molar-refractivity contribution in [3.63, 3.8) is 0 Å². The number of hydrogen-bond acceptors (Lipinski definition) is 8. The Bertz CT molecular complexity index is 1460. The zero-order valence-electron chi connectivity index (χ0n) is 22.5. The van der Waals surface area contributed by atoms with Gasteiger partial charge in [-0.05, 0) is 36.9 Å². The molecule has 0 atom stereocenters. The number of fused-ring (bicyclic) bond motifs is 1. The van der Waals surface area contributed by atoms with E-state index in [4.69, 9.17) is 32.7 Å². The lowest BCUT2D eigenvalue weighted by molar-refractivity contribution is 0.271. The number of ether oxygens (including phenoxy) is 2. The molecule has 0 aliphatic carbocycles. The highest BCUT2D eigenvalue weighted by atomic mass is 35.5. The van der Waals surface area contributed by atoms with Crippen LogP contribution in [0.4, 0.5) is 22.9 Å². The van der Waals surface area contributed by atoms with E-state index >= 15 is 0 Å². The fraction of sp³-hybridized carbons (Fsp3) is 0.310. The lowest BCUT2D eigenvalue weighted by atomic mass is 10.1. The summed E-state index contributed by atoms with van der Waals surface area (Å²) in [5.41, 5.74) is 4.33. The molecule has 10 heteroatoms. The van der Waals surface area contributed by atoms with E-state index in [2.05, 4.69) is 55.5 Å². The van der Waals surface area contributed by atoms with Gasteiger partial charge in [0, 0.05) is 73.7 Å². The molecule has 1 saturated heterocycles. The zero-order valence-corrected chi connectivity index (χ0v) is 24.0. The molecule has 4 aromatic rings. The number of nitrogens with one attached hydrogen (secondary N) is 2. The first-order valence-corrected chi connectivity index (χ1v) is 13.6. The Kier molecular flexibility index (Phi) is 8.16. The van der Waals surface area contributed by atoms with Gasteiger partial charge in [-0.25, -0.2) is 4.98 Å². The highest BCUT2D eigenvalue weighted by molar-refractivity contribution is 6.41. The highest BCUT2D eigenvalue weighted by Gasteiger charge is 2.20. The highest BCUT2D eigenvalue weighted by Crippen LogP contribution is 2.45. The molecule has 5 rings (SSSR count). The second-order valence-electron chi connectivity index (χ2n) is 9.30.